The molecule has 0 saturated heterocycles. The van der Waals surface area contributed by atoms with E-state index < -0.39 is 0 Å². The molecule has 0 heterocycles. The van der Waals surface area contributed by atoms with Crippen LogP contribution in [0, 0.1) is 0 Å². The van der Waals surface area contributed by atoms with E-state index in [-0.39, 0.29) is 17.4 Å². The van der Waals surface area contributed by atoms with Crippen molar-refractivity contribution in [2.24, 2.45) is 0 Å². The third kappa shape index (κ3) is 3.76. The lowest BCUT2D eigenvalue weighted by Gasteiger charge is -2.28. The molecule has 1 nitrogen and oxygen atoms in total. The SMILES string of the molecule is CC(C)(C)c1cc(S[PH2]=S)cc(C(C)(C)C)c1O. The molecule has 0 aromatic heterocycles. The summed E-state index contributed by atoms with van der Waals surface area (Å²) in [6.45, 7) is 12.7. The molecule has 1 aromatic rings. The van der Waals surface area contributed by atoms with Crippen molar-refractivity contribution in [3.05, 3.63) is 23.3 Å². The van der Waals surface area contributed by atoms with Crippen LogP contribution in [-0.2, 0) is 22.6 Å². The minimum absolute atomic E-state index is 0.0439. The highest BCUT2D eigenvalue weighted by Gasteiger charge is 2.26. The van der Waals surface area contributed by atoms with Gasteiger partial charge in [0.25, 0.3) is 0 Å². The summed E-state index contributed by atoms with van der Waals surface area (Å²) in [7, 11) is 0. The van der Waals surface area contributed by atoms with E-state index in [0.29, 0.717) is 5.75 Å². The predicted octanol–water partition coefficient (Wildman–Crippen LogP) is 4.87. The van der Waals surface area contributed by atoms with E-state index in [1.165, 1.54) is 4.90 Å². The molecule has 1 atom stereocenters. The molecule has 0 radical (unpaired) electrons. The standard InChI is InChI=1S/C14H23OPS2/c1-13(2,3)10-7-9(18-16-17)8-11(12(10)15)14(4,5)6/h7-8,15H,16H2,1-6H3. The van der Waals surface area contributed by atoms with Gasteiger partial charge in [-0.15, -0.1) is 0 Å². The van der Waals surface area contributed by atoms with E-state index in [4.69, 9.17) is 11.8 Å². The lowest BCUT2D eigenvalue weighted by Crippen LogP contribution is -2.17. The van der Waals surface area contributed by atoms with E-state index in [1.54, 1.807) is 11.4 Å². The number of hydrogen-bond donors (Lipinski definition) is 1. The van der Waals surface area contributed by atoms with Crippen LogP contribution in [0.3, 0.4) is 0 Å². The topological polar surface area (TPSA) is 20.2 Å². The van der Waals surface area contributed by atoms with E-state index >= 15 is 0 Å². The first-order valence-corrected chi connectivity index (χ1v) is 10.2. The molecular formula is C14H23OPS2. The highest BCUT2D eigenvalue weighted by molar-refractivity contribution is 8.58. The number of phenols is 1. The molecule has 0 aliphatic heterocycles. The lowest BCUT2D eigenvalue weighted by atomic mass is 9.79. The molecule has 4 heteroatoms. The van der Waals surface area contributed by atoms with Gasteiger partial charge in [0, 0.05) is 16.0 Å². The quantitative estimate of drug-likeness (QED) is 0.787. The lowest BCUT2D eigenvalue weighted by molar-refractivity contribution is 0.422. The Balaban J connectivity index is 3.53. The van der Waals surface area contributed by atoms with Gasteiger partial charge in [0.05, 0.1) is 0 Å². The monoisotopic (exact) mass is 302 g/mol. The Morgan fingerprint density at radius 1 is 1.00 bits per heavy atom. The molecule has 1 aromatic carbocycles. The molecular weight excluding hydrogens is 279 g/mol. The maximum Gasteiger partial charge on any atom is 0.123 e. The molecule has 0 spiro atoms. The fourth-order valence-electron chi connectivity index (χ4n) is 1.88. The van der Waals surface area contributed by atoms with Crippen LogP contribution in [0.25, 0.3) is 0 Å². The van der Waals surface area contributed by atoms with Crippen molar-refractivity contribution in [2.75, 3.05) is 0 Å². The number of rotatable bonds is 2. The zero-order valence-electron chi connectivity index (χ0n) is 12.0. The first kappa shape index (κ1) is 16.1. The molecule has 1 N–H and O–H groups in total. The van der Waals surface area contributed by atoms with Crippen molar-refractivity contribution in [2.45, 2.75) is 57.3 Å². The third-order valence-electron chi connectivity index (χ3n) is 2.88. The number of hydrogen-bond acceptors (Lipinski definition) is 3. The summed E-state index contributed by atoms with van der Waals surface area (Å²) in [5, 5.41) is 10.5. The first-order chi connectivity index (χ1) is 8.07. The van der Waals surface area contributed by atoms with Crippen LogP contribution in [0.2, 0.25) is 0 Å². The van der Waals surface area contributed by atoms with Gasteiger partial charge in [-0.1, -0.05) is 64.7 Å². The molecule has 0 saturated carbocycles. The Labute approximate surface area is 121 Å². The zero-order valence-corrected chi connectivity index (χ0v) is 14.8. The summed E-state index contributed by atoms with van der Waals surface area (Å²) >= 11 is 6.86. The summed E-state index contributed by atoms with van der Waals surface area (Å²) in [6, 6.07) is 4.18. The van der Waals surface area contributed by atoms with Gasteiger partial charge in [0.1, 0.15) is 5.75 Å². The second kappa shape index (κ2) is 5.56. The second-order valence-corrected chi connectivity index (χ2v) is 10.5. The van der Waals surface area contributed by atoms with Crippen molar-refractivity contribution in [1.29, 1.82) is 0 Å². The minimum Gasteiger partial charge on any atom is -0.507 e. The molecule has 0 aliphatic rings. The van der Waals surface area contributed by atoms with Crippen LogP contribution in [0.1, 0.15) is 52.7 Å². The minimum atomic E-state index is -0.0581. The van der Waals surface area contributed by atoms with Gasteiger partial charge in [-0.25, -0.2) is 0 Å². The summed E-state index contributed by atoms with van der Waals surface area (Å²) in [4.78, 5) is 1.19. The van der Waals surface area contributed by atoms with Crippen LogP contribution in [-0.4, -0.2) is 5.11 Å². The molecule has 0 bridgehead atoms. The molecule has 0 fully saturated rings. The van der Waals surface area contributed by atoms with Crippen molar-refractivity contribution in [3.8, 4) is 5.75 Å². The van der Waals surface area contributed by atoms with Gasteiger partial charge in [0.2, 0.25) is 0 Å². The molecule has 18 heavy (non-hydrogen) atoms. The van der Waals surface area contributed by atoms with Crippen molar-refractivity contribution < 1.29 is 5.11 Å². The molecule has 1 unspecified atom stereocenters. The average molecular weight is 302 g/mol. The fraction of sp³-hybridized carbons (Fsp3) is 0.571. The van der Waals surface area contributed by atoms with Crippen molar-refractivity contribution in [3.63, 3.8) is 0 Å². The van der Waals surface area contributed by atoms with Crippen LogP contribution >= 0.6 is 17.9 Å². The van der Waals surface area contributed by atoms with E-state index in [0.717, 1.165) is 11.1 Å². The molecule has 1 rings (SSSR count). The van der Waals surface area contributed by atoms with Gasteiger partial charge in [-0.3, -0.25) is 0 Å². The highest BCUT2D eigenvalue weighted by atomic mass is 32.9. The Hall–Kier alpha value is 0.0200. The molecule has 0 aliphatic carbocycles. The summed E-state index contributed by atoms with van der Waals surface area (Å²) in [6.07, 6.45) is 0. The Kier molecular flexibility index (Phi) is 4.97. The van der Waals surface area contributed by atoms with Crippen LogP contribution in [0.5, 0.6) is 5.75 Å². The maximum atomic E-state index is 10.5. The van der Waals surface area contributed by atoms with Crippen LogP contribution in [0.4, 0.5) is 0 Å². The number of phenolic OH excluding ortho intramolecular Hbond substituents is 1. The van der Waals surface area contributed by atoms with Crippen molar-refractivity contribution in [1.82, 2.24) is 0 Å². The zero-order chi connectivity index (χ0) is 14.1. The smallest absolute Gasteiger partial charge is 0.123 e. The third-order valence-corrected chi connectivity index (χ3v) is 5.46. The molecule has 102 valence electrons. The Morgan fingerprint density at radius 2 is 1.39 bits per heavy atom. The van der Waals surface area contributed by atoms with Gasteiger partial charge in [-0.05, 0) is 29.5 Å². The Morgan fingerprint density at radius 3 is 1.67 bits per heavy atom. The summed E-state index contributed by atoms with van der Waals surface area (Å²) in [5.41, 5.74) is 1.91. The fourth-order valence-corrected chi connectivity index (χ4v) is 4.10. The molecule has 0 amide bonds. The van der Waals surface area contributed by atoms with E-state index in [1.807, 2.05) is 0 Å². The normalized spacial score (nSPS) is 13.4. The van der Waals surface area contributed by atoms with Crippen molar-refractivity contribution >= 4 is 29.7 Å². The van der Waals surface area contributed by atoms with Gasteiger partial charge in [-0.2, -0.15) is 0 Å². The Bertz CT molecular complexity index is 421. The highest BCUT2D eigenvalue weighted by Crippen LogP contribution is 2.43. The van der Waals surface area contributed by atoms with Gasteiger partial charge < -0.3 is 5.11 Å². The maximum absolute atomic E-state index is 10.5. The van der Waals surface area contributed by atoms with Gasteiger partial charge in [0.15, 0.2) is 0 Å². The predicted molar refractivity (Wildman–Crippen MR) is 88.4 cm³/mol. The first-order valence-electron chi connectivity index (χ1n) is 6.05. The van der Waals surface area contributed by atoms with Crippen LogP contribution < -0.4 is 0 Å². The van der Waals surface area contributed by atoms with E-state index in [9.17, 15) is 5.11 Å². The number of benzene rings is 1. The summed E-state index contributed by atoms with van der Waals surface area (Å²) in [5.74, 6) is 0.443. The number of aromatic hydroxyl groups is 1. The van der Waals surface area contributed by atoms with Crippen LogP contribution in [0.15, 0.2) is 17.0 Å². The second-order valence-electron chi connectivity index (χ2n) is 6.58. The van der Waals surface area contributed by atoms with E-state index in [2.05, 4.69) is 53.7 Å². The largest absolute Gasteiger partial charge is 0.507 e. The summed E-state index contributed by atoms with van der Waals surface area (Å²) < 4.78 is 0. The average Bonchev–Trinajstić information content (AvgIpc) is 2.17. The van der Waals surface area contributed by atoms with Gasteiger partial charge >= 0.3 is 0 Å².